The highest BCUT2D eigenvalue weighted by Gasteiger charge is 2.15. The maximum absolute atomic E-state index is 12.4. The van der Waals surface area contributed by atoms with Crippen molar-refractivity contribution in [1.82, 2.24) is 19.5 Å². The molecule has 4 rings (SSSR count). The van der Waals surface area contributed by atoms with E-state index in [0.717, 1.165) is 6.42 Å². The summed E-state index contributed by atoms with van der Waals surface area (Å²) in [5.41, 5.74) is 2.63. The maximum atomic E-state index is 12.4. The molecule has 29 heavy (non-hydrogen) atoms. The Labute approximate surface area is 168 Å². The van der Waals surface area contributed by atoms with Crippen molar-refractivity contribution in [3.05, 3.63) is 107 Å². The molecule has 0 bridgehead atoms. The number of amides is 1. The molecule has 2 aromatic carbocycles. The predicted octanol–water partition coefficient (Wildman–Crippen LogP) is 2.83. The van der Waals surface area contributed by atoms with E-state index in [-0.39, 0.29) is 24.1 Å². The Hall–Kier alpha value is -3.67. The average Bonchev–Trinajstić information content (AvgIpc) is 3.08. The first kappa shape index (κ1) is 18.7. The van der Waals surface area contributed by atoms with Crippen molar-refractivity contribution in [2.45, 2.75) is 18.9 Å². The van der Waals surface area contributed by atoms with Crippen LogP contribution in [0.5, 0.6) is 0 Å². The second kappa shape index (κ2) is 8.56. The van der Waals surface area contributed by atoms with Crippen LogP contribution in [0.2, 0.25) is 0 Å². The van der Waals surface area contributed by atoms with E-state index < -0.39 is 0 Å². The van der Waals surface area contributed by atoms with Gasteiger partial charge in [0.2, 0.25) is 5.91 Å². The number of carbonyl (C=O) groups is 1. The van der Waals surface area contributed by atoms with Crippen LogP contribution in [-0.2, 0) is 11.3 Å². The SMILES string of the molecule is O=C(Cn1nc2ccccn2c1=O)NCCC(c1ccccc1)c1ccccc1. The van der Waals surface area contributed by atoms with Crippen LogP contribution in [0.15, 0.2) is 89.9 Å². The van der Waals surface area contributed by atoms with Crippen molar-refractivity contribution in [2.75, 3.05) is 6.54 Å². The summed E-state index contributed by atoms with van der Waals surface area (Å²) in [5.74, 6) is -0.0361. The third kappa shape index (κ3) is 4.27. The molecule has 2 heterocycles. The number of aromatic nitrogens is 3. The summed E-state index contributed by atoms with van der Waals surface area (Å²) >= 11 is 0. The minimum absolute atomic E-state index is 0.0954. The smallest absolute Gasteiger partial charge is 0.350 e. The number of nitrogens with zero attached hydrogens (tertiary/aromatic N) is 3. The molecule has 0 unspecified atom stereocenters. The Morgan fingerprint density at radius 2 is 1.52 bits per heavy atom. The molecule has 0 aliphatic rings. The number of carbonyl (C=O) groups excluding carboxylic acids is 1. The summed E-state index contributed by atoms with van der Waals surface area (Å²) in [5, 5.41) is 7.12. The van der Waals surface area contributed by atoms with E-state index in [2.05, 4.69) is 34.7 Å². The molecule has 0 aliphatic carbocycles. The molecule has 0 atom stereocenters. The minimum Gasteiger partial charge on any atom is -0.354 e. The first-order valence-corrected chi connectivity index (χ1v) is 9.63. The van der Waals surface area contributed by atoms with Crippen molar-refractivity contribution in [1.29, 1.82) is 0 Å². The van der Waals surface area contributed by atoms with Gasteiger partial charge in [0.05, 0.1) is 0 Å². The number of hydrogen-bond donors (Lipinski definition) is 1. The zero-order valence-corrected chi connectivity index (χ0v) is 15.9. The lowest BCUT2D eigenvalue weighted by molar-refractivity contribution is -0.121. The number of fused-ring (bicyclic) bond motifs is 1. The Balaban J connectivity index is 1.41. The van der Waals surface area contributed by atoms with Crippen LogP contribution in [0.3, 0.4) is 0 Å². The van der Waals surface area contributed by atoms with Gasteiger partial charge in [-0.15, -0.1) is 5.10 Å². The monoisotopic (exact) mass is 386 g/mol. The lowest BCUT2D eigenvalue weighted by atomic mass is 9.88. The number of hydrogen-bond acceptors (Lipinski definition) is 3. The van der Waals surface area contributed by atoms with E-state index in [0.29, 0.717) is 12.2 Å². The van der Waals surface area contributed by atoms with Crippen molar-refractivity contribution >= 4 is 11.6 Å². The molecule has 0 aliphatic heterocycles. The van der Waals surface area contributed by atoms with Crippen molar-refractivity contribution in [3.8, 4) is 0 Å². The van der Waals surface area contributed by atoms with Gasteiger partial charge in [-0.1, -0.05) is 66.7 Å². The molecule has 0 radical (unpaired) electrons. The van der Waals surface area contributed by atoms with E-state index in [1.807, 2.05) is 36.4 Å². The van der Waals surface area contributed by atoms with Crippen LogP contribution in [0, 0.1) is 0 Å². The number of nitrogens with one attached hydrogen (secondary N) is 1. The Bertz CT molecular complexity index is 1110. The van der Waals surface area contributed by atoms with Crippen molar-refractivity contribution in [2.24, 2.45) is 0 Å². The fourth-order valence-corrected chi connectivity index (χ4v) is 3.52. The van der Waals surface area contributed by atoms with Gasteiger partial charge >= 0.3 is 5.69 Å². The van der Waals surface area contributed by atoms with Gasteiger partial charge in [0.25, 0.3) is 0 Å². The van der Waals surface area contributed by atoms with Crippen LogP contribution in [0.1, 0.15) is 23.5 Å². The molecule has 1 N–H and O–H groups in total. The summed E-state index contributed by atoms with van der Waals surface area (Å²) in [6.07, 6.45) is 2.41. The molecule has 0 fully saturated rings. The fourth-order valence-electron chi connectivity index (χ4n) is 3.52. The summed E-state index contributed by atoms with van der Waals surface area (Å²) in [6, 6.07) is 25.8. The molecule has 4 aromatic rings. The Kier molecular flexibility index (Phi) is 5.52. The van der Waals surface area contributed by atoms with Gasteiger partial charge in [-0.05, 0) is 29.7 Å². The van der Waals surface area contributed by atoms with E-state index in [4.69, 9.17) is 0 Å². The van der Waals surface area contributed by atoms with Crippen molar-refractivity contribution < 1.29 is 4.79 Å². The number of rotatable bonds is 7. The van der Waals surface area contributed by atoms with Gasteiger partial charge in [0.15, 0.2) is 5.65 Å². The summed E-state index contributed by atoms with van der Waals surface area (Å²) < 4.78 is 2.62. The van der Waals surface area contributed by atoms with E-state index >= 15 is 0 Å². The summed E-state index contributed by atoms with van der Waals surface area (Å²) in [7, 11) is 0. The van der Waals surface area contributed by atoms with E-state index in [1.165, 1.54) is 20.2 Å². The highest BCUT2D eigenvalue weighted by molar-refractivity contribution is 5.75. The van der Waals surface area contributed by atoms with Crippen LogP contribution in [0.25, 0.3) is 5.65 Å². The maximum Gasteiger partial charge on any atom is 0.350 e. The minimum atomic E-state index is -0.317. The highest BCUT2D eigenvalue weighted by Crippen LogP contribution is 2.27. The second-order valence-electron chi connectivity index (χ2n) is 6.88. The third-order valence-electron chi connectivity index (χ3n) is 4.94. The highest BCUT2D eigenvalue weighted by atomic mass is 16.2. The van der Waals surface area contributed by atoms with Gasteiger partial charge in [-0.2, -0.15) is 0 Å². The number of pyridine rings is 1. The molecular weight excluding hydrogens is 364 g/mol. The Morgan fingerprint density at radius 1 is 0.897 bits per heavy atom. The molecule has 6 heteroatoms. The molecule has 0 spiro atoms. The van der Waals surface area contributed by atoms with Gasteiger partial charge in [0.1, 0.15) is 6.54 Å². The largest absolute Gasteiger partial charge is 0.354 e. The average molecular weight is 386 g/mol. The van der Waals surface area contributed by atoms with E-state index in [9.17, 15) is 9.59 Å². The summed E-state index contributed by atoms with van der Waals surface area (Å²) in [6.45, 7) is 0.414. The topological polar surface area (TPSA) is 68.4 Å². The second-order valence-corrected chi connectivity index (χ2v) is 6.88. The third-order valence-corrected chi connectivity index (χ3v) is 4.94. The normalized spacial score (nSPS) is 11.1. The van der Waals surface area contributed by atoms with Crippen LogP contribution >= 0.6 is 0 Å². The number of benzene rings is 2. The summed E-state index contributed by atoms with van der Waals surface area (Å²) in [4.78, 5) is 24.7. The first-order chi connectivity index (χ1) is 14.2. The van der Waals surface area contributed by atoms with Crippen molar-refractivity contribution in [3.63, 3.8) is 0 Å². The van der Waals surface area contributed by atoms with Gasteiger partial charge in [-0.3, -0.25) is 9.20 Å². The standard InChI is InChI=1S/C23H22N4O2/c28-22(17-27-23(29)26-16-8-7-13-21(26)25-27)24-15-14-20(18-9-3-1-4-10-18)19-11-5-2-6-12-19/h1-13,16,20H,14-15,17H2,(H,24,28). The molecule has 1 amide bonds. The fraction of sp³-hybridized carbons (Fsp3) is 0.174. The zero-order valence-electron chi connectivity index (χ0n) is 15.9. The Morgan fingerprint density at radius 3 is 2.14 bits per heavy atom. The molecule has 2 aromatic heterocycles. The van der Waals surface area contributed by atoms with Crippen LogP contribution in [-0.4, -0.2) is 26.6 Å². The lowest BCUT2D eigenvalue weighted by Gasteiger charge is -2.18. The molecular formula is C23H22N4O2. The molecule has 6 nitrogen and oxygen atoms in total. The van der Waals surface area contributed by atoms with Gasteiger partial charge in [-0.25, -0.2) is 9.48 Å². The first-order valence-electron chi connectivity index (χ1n) is 9.63. The van der Waals surface area contributed by atoms with Gasteiger partial charge < -0.3 is 5.32 Å². The lowest BCUT2D eigenvalue weighted by Crippen LogP contribution is -2.33. The van der Waals surface area contributed by atoms with Crippen LogP contribution in [0.4, 0.5) is 0 Å². The van der Waals surface area contributed by atoms with E-state index in [1.54, 1.807) is 24.4 Å². The molecule has 0 saturated carbocycles. The predicted molar refractivity (Wildman–Crippen MR) is 112 cm³/mol. The quantitative estimate of drug-likeness (QED) is 0.531. The van der Waals surface area contributed by atoms with Gasteiger partial charge in [0, 0.05) is 18.7 Å². The zero-order chi connectivity index (χ0) is 20.1. The van der Waals surface area contributed by atoms with Crippen LogP contribution < -0.4 is 11.0 Å². The molecule has 0 saturated heterocycles. The molecule has 146 valence electrons.